The Labute approximate surface area is 161 Å². The maximum Gasteiger partial charge on any atom is 0.333 e. The van der Waals surface area contributed by atoms with Crippen molar-refractivity contribution in [2.24, 2.45) is 0 Å². The van der Waals surface area contributed by atoms with Gasteiger partial charge in [-0.25, -0.2) is 4.79 Å². The maximum atomic E-state index is 12.8. The van der Waals surface area contributed by atoms with Gasteiger partial charge in [0, 0.05) is 36.2 Å². The van der Waals surface area contributed by atoms with Crippen LogP contribution < -0.4 is 11.2 Å². The van der Waals surface area contributed by atoms with Crippen molar-refractivity contribution in [3.63, 3.8) is 0 Å². The molecule has 7 nitrogen and oxygen atoms in total. The van der Waals surface area contributed by atoms with Gasteiger partial charge in [0.25, 0.3) is 5.56 Å². The number of aliphatic hydroxyl groups excluding tert-OH is 2. The molecule has 2 heterocycles. The number of nitrogens with zero attached hydrogens (tertiary/aromatic N) is 2. The van der Waals surface area contributed by atoms with E-state index in [1.54, 1.807) is 18.7 Å². The summed E-state index contributed by atoms with van der Waals surface area (Å²) in [6.07, 6.45) is -0.578. The first-order valence-corrected chi connectivity index (χ1v) is 10.1. The van der Waals surface area contributed by atoms with Crippen molar-refractivity contribution in [2.75, 3.05) is 12.4 Å². The molecule has 27 heavy (non-hydrogen) atoms. The SMILES string of the molecule is Cc1cn([C@H]2C[C@H](O)[C@@H](CO)O2)c(=O)n(CCSCc2ccccc2)c1=O. The summed E-state index contributed by atoms with van der Waals surface area (Å²) in [5, 5.41) is 19.1. The number of ether oxygens (including phenoxy) is 1. The zero-order valence-corrected chi connectivity index (χ0v) is 16.0. The number of hydrogen-bond donors (Lipinski definition) is 2. The minimum atomic E-state index is -0.839. The summed E-state index contributed by atoms with van der Waals surface area (Å²) in [7, 11) is 0. The van der Waals surface area contributed by atoms with Crippen LogP contribution in [0.1, 0.15) is 23.8 Å². The molecule has 0 unspecified atom stereocenters. The summed E-state index contributed by atoms with van der Waals surface area (Å²) in [6, 6.07) is 10.0. The van der Waals surface area contributed by atoms with Crippen molar-refractivity contribution in [3.05, 3.63) is 68.5 Å². The molecule has 1 aliphatic rings. The molecule has 0 bridgehead atoms. The van der Waals surface area contributed by atoms with Gasteiger partial charge in [0.05, 0.1) is 12.7 Å². The number of rotatable bonds is 7. The average molecular weight is 392 g/mol. The number of thioether (sulfide) groups is 1. The summed E-state index contributed by atoms with van der Waals surface area (Å²) >= 11 is 1.65. The Morgan fingerprint density at radius 1 is 1.26 bits per heavy atom. The molecule has 2 aromatic rings. The molecule has 3 atom stereocenters. The van der Waals surface area contributed by atoms with E-state index in [9.17, 15) is 19.8 Å². The van der Waals surface area contributed by atoms with Crippen LogP contribution >= 0.6 is 11.8 Å². The van der Waals surface area contributed by atoms with Crippen molar-refractivity contribution in [3.8, 4) is 0 Å². The first-order valence-electron chi connectivity index (χ1n) is 8.90. The van der Waals surface area contributed by atoms with E-state index in [0.717, 1.165) is 5.75 Å². The molecule has 0 aliphatic carbocycles. The Balaban J connectivity index is 1.72. The molecule has 2 N–H and O–H groups in total. The van der Waals surface area contributed by atoms with E-state index in [-0.39, 0.29) is 18.6 Å². The molecule has 1 aliphatic heterocycles. The first-order chi connectivity index (χ1) is 13.0. The van der Waals surface area contributed by atoms with Crippen LogP contribution in [0, 0.1) is 6.92 Å². The summed E-state index contributed by atoms with van der Waals surface area (Å²) in [5.74, 6) is 1.44. The summed E-state index contributed by atoms with van der Waals surface area (Å²) in [6.45, 7) is 1.64. The third kappa shape index (κ3) is 4.52. The van der Waals surface area contributed by atoms with Gasteiger partial charge in [-0.3, -0.25) is 13.9 Å². The van der Waals surface area contributed by atoms with Gasteiger partial charge in [0.1, 0.15) is 12.3 Å². The number of aromatic nitrogens is 2. The number of benzene rings is 1. The van der Waals surface area contributed by atoms with Crippen LogP contribution in [0.25, 0.3) is 0 Å². The Hall–Kier alpha value is -1.87. The van der Waals surface area contributed by atoms with E-state index in [0.29, 0.717) is 17.9 Å². The van der Waals surface area contributed by atoms with Gasteiger partial charge >= 0.3 is 5.69 Å². The average Bonchev–Trinajstić information content (AvgIpc) is 3.05. The van der Waals surface area contributed by atoms with Crippen LogP contribution in [0.4, 0.5) is 0 Å². The van der Waals surface area contributed by atoms with E-state index in [4.69, 9.17) is 4.74 Å². The molecule has 146 valence electrons. The van der Waals surface area contributed by atoms with Gasteiger partial charge in [0.2, 0.25) is 0 Å². The lowest BCUT2D eigenvalue weighted by Crippen LogP contribution is -2.42. The summed E-state index contributed by atoms with van der Waals surface area (Å²) in [4.78, 5) is 25.2. The second-order valence-corrected chi connectivity index (χ2v) is 7.72. The van der Waals surface area contributed by atoms with Gasteiger partial charge in [-0.1, -0.05) is 30.3 Å². The molecule has 0 amide bonds. The molecule has 0 spiro atoms. The standard InChI is InChI=1S/C19H24N2O5S/c1-13-10-21(17-9-15(23)16(11-22)26-17)19(25)20(18(13)24)7-8-27-12-14-5-3-2-4-6-14/h2-6,10,15-17,22-23H,7-9,11-12H2,1H3/t15-,16+,17+/m0/s1. The largest absolute Gasteiger partial charge is 0.394 e. The summed E-state index contributed by atoms with van der Waals surface area (Å²) < 4.78 is 8.13. The van der Waals surface area contributed by atoms with Crippen LogP contribution in [0.5, 0.6) is 0 Å². The van der Waals surface area contributed by atoms with E-state index in [1.165, 1.54) is 20.9 Å². The van der Waals surface area contributed by atoms with E-state index < -0.39 is 24.1 Å². The lowest BCUT2D eigenvalue weighted by molar-refractivity contribution is -0.0463. The molecule has 8 heteroatoms. The second kappa shape index (κ2) is 8.88. The lowest BCUT2D eigenvalue weighted by Gasteiger charge is -2.17. The number of aryl methyl sites for hydroxylation is 1. The maximum absolute atomic E-state index is 12.8. The van der Waals surface area contributed by atoms with Crippen LogP contribution in [-0.4, -0.2) is 43.9 Å². The number of aliphatic hydroxyl groups is 2. The van der Waals surface area contributed by atoms with E-state index in [1.807, 2.05) is 30.3 Å². The molecule has 3 rings (SSSR count). The van der Waals surface area contributed by atoms with Gasteiger partial charge in [0.15, 0.2) is 0 Å². The van der Waals surface area contributed by atoms with Gasteiger partial charge in [-0.05, 0) is 12.5 Å². The normalized spacial score (nSPS) is 22.3. The Bertz CT molecular complexity index is 880. The van der Waals surface area contributed by atoms with Crippen molar-refractivity contribution in [1.29, 1.82) is 0 Å². The van der Waals surface area contributed by atoms with Crippen molar-refractivity contribution in [2.45, 2.75) is 44.1 Å². The van der Waals surface area contributed by atoms with Gasteiger partial charge < -0.3 is 14.9 Å². The van der Waals surface area contributed by atoms with Gasteiger partial charge in [-0.15, -0.1) is 0 Å². The van der Waals surface area contributed by atoms with Crippen LogP contribution in [0.3, 0.4) is 0 Å². The third-order valence-corrected chi connectivity index (χ3v) is 5.64. The fraction of sp³-hybridized carbons (Fsp3) is 0.474. The lowest BCUT2D eigenvalue weighted by atomic mass is 10.2. The molecule has 0 saturated carbocycles. The van der Waals surface area contributed by atoms with Gasteiger partial charge in [-0.2, -0.15) is 11.8 Å². The molecule has 0 radical (unpaired) electrons. The zero-order valence-electron chi connectivity index (χ0n) is 15.2. The summed E-state index contributed by atoms with van der Waals surface area (Å²) in [5.41, 5.74) is 0.864. The molecular formula is C19H24N2O5S. The third-order valence-electron chi connectivity index (χ3n) is 4.63. The smallest absolute Gasteiger partial charge is 0.333 e. The van der Waals surface area contributed by atoms with Crippen molar-refractivity contribution < 1.29 is 14.9 Å². The van der Waals surface area contributed by atoms with Crippen molar-refractivity contribution in [1.82, 2.24) is 9.13 Å². The highest BCUT2D eigenvalue weighted by Crippen LogP contribution is 2.27. The van der Waals surface area contributed by atoms with Crippen LogP contribution in [0.15, 0.2) is 46.1 Å². The second-order valence-electron chi connectivity index (χ2n) is 6.61. The fourth-order valence-electron chi connectivity index (χ4n) is 3.13. The highest BCUT2D eigenvalue weighted by molar-refractivity contribution is 7.98. The quantitative estimate of drug-likeness (QED) is 0.680. The van der Waals surface area contributed by atoms with E-state index in [2.05, 4.69) is 0 Å². The predicted molar refractivity (Wildman–Crippen MR) is 104 cm³/mol. The molecule has 1 aromatic heterocycles. The predicted octanol–water partition coefficient (Wildman–Crippen LogP) is 0.893. The van der Waals surface area contributed by atoms with E-state index >= 15 is 0 Å². The molecule has 1 aromatic carbocycles. The monoisotopic (exact) mass is 392 g/mol. The zero-order chi connectivity index (χ0) is 19.4. The van der Waals surface area contributed by atoms with Crippen LogP contribution in [0.2, 0.25) is 0 Å². The minimum absolute atomic E-state index is 0.200. The Morgan fingerprint density at radius 3 is 2.67 bits per heavy atom. The number of hydrogen-bond acceptors (Lipinski definition) is 6. The topological polar surface area (TPSA) is 93.7 Å². The van der Waals surface area contributed by atoms with Crippen LogP contribution in [-0.2, 0) is 17.0 Å². The fourth-order valence-corrected chi connectivity index (χ4v) is 4.02. The molecule has 1 saturated heterocycles. The highest BCUT2D eigenvalue weighted by Gasteiger charge is 2.35. The highest BCUT2D eigenvalue weighted by atomic mass is 32.2. The van der Waals surface area contributed by atoms with Crippen molar-refractivity contribution >= 4 is 11.8 Å². The Kier molecular flexibility index (Phi) is 6.54. The molecular weight excluding hydrogens is 368 g/mol. The first kappa shape index (κ1) is 19.9. The Morgan fingerprint density at radius 2 is 2.00 bits per heavy atom. The minimum Gasteiger partial charge on any atom is -0.394 e. The molecule has 1 fully saturated rings.